The molecule has 0 aromatic heterocycles. The number of carbonyl (C=O) groups excluding carboxylic acids is 4. The summed E-state index contributed by atoms with van der Waals surface area (Å²) in [4.78, 5) is 54.7. The average molecular weight is 595 g/mol. The van der Waals surface area contributed by atoms with Crippen molar-refractivity contribution < 1.29 is 23.9 Å². The number of amides is 4. The maximum Gasteiger partial charge on any atom is 0.408 e. The minimum atomic E-state index is -1.13. The molecule has 0 bridgehead atoms. The van der Waals surface area contributed by atoms with Crippen LogP contribution in [0.5, 0.6) is 0 Å². The summed E-state index contributed by atoms with van der Waals surface area (Å²) >= 11 is 0. The second-order valence-corrected chi connectivity index (χ2v) is 12.0. The number of hydrogen-bond donors (Lipinski definition) is 3. The lowest BCUT2D eigenvalue weighted by molar-refractivity contribution is -0.141. The smallest absolute Gasteiger partial charge is 0.408 e. The van der Waals surface area contributed by atoms with Crippen LogP contribution in [0.2, 0.25) is 0 Å². The molecule has 4 amide bonds. The third-order valence-electron chi connectivity index (χ3n) is 7.20. The predicted octanol–water partition coefficient (Wildman–Crippen LogP) is 6.11. The van der Waals surface area contributed by atoms with E-state index in [2.05, 4.69) is 24.5 Å². The number of aryl methyl sites for hydroxylation is 3. The zero-order valence-electron chi connectivity index (χ0n) is 26.9. The fourth-order valence-corrected chi connectivity index (χ4v) is 4.88. The summed E-state index contributed by atoms with van der Waals surface area (Å²) in [7, 11) is 0. The second kappa shape index (κ2) is 16.7. The van der Waals surface area contributed by atoms with Gasteiger partial charge >= 0.3 is 6.09 Å². The first-order chi connectivity index (χ1) is 20.3. The van der Waals surface area contributed by atoms with Gasteiger partial charge in [0.25, 0.3) is 5.91 Å². The number of alkyl carbamates (subject to hydrolysis) is 1. The van der Waals surface area contributed by atoms with Crippen LogP contribution in [0.3, 0.4) is 0 Å². The maximum atomic E-state index is 14.4. The van der Waals surface area contributed by atoms with Gasteiger partial charge in [-0.25, -0.2) is 4.79 Å². The number of para-hydroxylation sites is 1. The molecule has 0 saturated carbocycles. The van der Waals surface area contributed by atoms with Gasteiger partial charge in [-0.15, -0.1) is 0 Å². The third kappa shape index (κ3) is 11.4. The Morgan fingerprint density at radius 3 is 2.09 bits per heavy atom. The molecule has 0 aliphatic rings. The molecule has 0 radical (unpaired) electrons. The molecule has 9 heteroatoms. The highest BCUT2D eigenvalue weighted by Crippen LogP contribution is 2.28. The van der Waals surface area contributed by atoms with Gasteiger partial charge < -0.3 is 26.0 Å². The van der Waals surface area contributed by atoms with E-state index in [4.69, 9.17) is 10.5 Å². The summed E-state index contributed by atoms with van der Waals surface area (Å²) in [5.41, 5.74) is 8.89. The fourth-order valence-electron chi connectivity index (χ4n) is 4.88. The number of carbonyl (C=O) groups is 4. The Labute approximate surface area is 256 Å². The van der Waals surface area contributed by atoms with Crippen LogP contribution in [0.15, 0.2) is 42.5 Å². The van der Waals surface area contributed by atoms with Crippen molar-refractivity contribution in [2.24, 2.45) is 5.73 Å². The van der Waals surface area contributed by atoms with Crippen LogP contribution in [0.1, 0.15) is 101 Å². The van der Waals surface area contributed by atoms with Gasteiger partial charge in [-0.1, -0.05) is 75.6 Å². The number of nitrogens with one attached hydrogen (secondary N) is 2. The molecule has 2 atom stereocenters. The Balaban J connectivity index is 2.60. The van der Waals surface area contributed by atoms with Crippen molar-refractivity contribution in [1.82, 2.24) is 10.2 Å². The number of anilines is 1. The van der Waals surface area contributed by atoms with Crippen molar-refractivity contribution in [2.75, 3.05) is 11.9 Å². The highest BCUT2D eigenvalue weighted by Gasteiger charge is 2.36. The number of hydrogen-bond acceptors (Lipinski definition) is 5. The zero-order valence-corrected chi connectivity index (χ0v) is 26.9. The van der Waals surface area contributed by atoms with Gasteiger partial charge in [0, 0.05) is 18.7 Å². The van der Waals surface area contributed by atoms with Gasteiger partial charge in [0.05, 0.1) is 0 Å². The first-order valence-electron chi connectivity index (χ1n) is 15.3. The van der Waals surface area contributed by atoms with Crippen LogP contribution in [-0.4, -0.2) is 46.9 Å². The molecule has 4 N–H and O–H groups in total. The molecule has 2 aromatic rings. The summed E-state index contributed by atoms with van der Waals surface area (Å²) in [6, 6.07) is 11.3. The van der Waals surface area contributed by atoms with Gasteiger partial charge in [0.1, 0.15) is 17.7 Å². The van der Waals surface area contributed by atoms with Gasteiger partial charge in [0.15, 0.2) is 0 Å². The molecular formula is C34H50N4O5. The third-order valence-corrected chi connectivity index (χ3v) is 7.20. The minimum Gasteiger partial charge on any atom is -0.444 e. The summed E-state index contributed by atoms with van der Waals surface area (Å²) in [5.74, 6) is -1.45. The summed E-state index contributed by atoms with van der Waals surface area (Å²) in [6.45, 7) is 13.4. The van der Waals surface area contributed by atoms with E-state index in [0.29, 0.717) is 17.7 Å². The lowest BCUT2D eigenvalue weighted by Gasteiger charge is -2.35. The Hall–Kier alpha value is -3.88. The van der Waals surface area contributed by atoms with Crippen LogP contribution in [-0.2, 0) is 25.5 Å². The minimum absolute atomic E-state index is 0.0289. The Morgan fingerprint density at radius 2 is 1.56 bits per heavy atom. The summed E-state index contributed by atoms with van der Waals surface area (Å²) in [6.07, 6.45) is 3.40. The van der Waals surface area contributed by atoms with E-state index >= 15 is 0 Å². The SMILES string of the molecule is CCCCCCN(C(=O)C(CCC(N)=O)NC(=O)OC(C)(C)C)C(C(=O)Nc1c(C)cccc1C)c1ccc(CC)cc1. The summed E-state index contributed by atoms with van der Waals surface area (Å²) < 4.78 is 5.43. The topological polar surface area (TPSA) is 131 Å². The van der Waals surface area contributed by atoms with Crippen molar-refractivity contribution in [3.8, 4) is 0 Å². The van der Waals surface area contributed by atoms with Crippen LogP contribution < -0.4 is 16.4 Å². The highest BCUT2D eigenvalue weighted by atomic mass is 16.6. The van der Waals surface area contributed by atoms with Crippen LogP contribution in [0, 0.1) is 13.8 Å². The van der Waals surface area contributed by atoms with Crippen LogP contribution >= 0.6 is 0 Å². The van der Waals surface area contributed by atoms with E-state index in [-0.39, 0.29) is 25.3 Å². The number of unbranched alkanes of at least 4 members (excludes halogenated alkanes) is 3. The molecule has 0 heterocycles. The maximum absolute atomic E-state index is 14.4. The van der Waals surface area contributed by atoms with E-state index in [1.54, 1.807) is 20.8 Å². The lowest BCUT2D eigenvalue weighted by atomic mass is 9.98. The zero-order chi connectivity index (χ0) is 32.2. The molecule has 2 unspecified atom stereocenters. The predicted molar refractivity (Wildman–Crippen MR) is 171 cm³/mol. The van der Waals surface area contributed by atoms with E-state index in [9.17, 15) is 19.2 Å². The van der Waals surface area contributed by atoms with Gasteiger partial charge in [-0.2, -0.15) is 0 Å². The van der Waals surface area contributed by atoms with Crippen LogP contribution in [0.4, 0.5) is 10.5 Å². The van der Waals surface area contributed by atoms with Crippen molar-refractivity contribution in [2.45, 2.75) is 111 Å². The first kappa shape index (κ1) is 35.3. The normalized spacial score (nSPS) is 12.6. The quantitative estimate of drug-likeness (QED) is 0.214. The lowest BCUT2D eigenvalue weighted by Crippen LogP contribution is -2.53. The highest BCUT2D eigenvalue weighted by molar-refractivity contribution is 6.00. The number of benzene rings is 2. The summed E-state index contributed by atoms with van der Waals surface area (Å²) in [5, 5.41) is 5.73. The fraction of sp³-hybridized carbons (Fsp3) is 0.529. The van der Waals surface area contributed by atoms with Crippen LogP contribution in [0.25, 0.3) is 0 Å². The van der Waals surface area contributed by atoms with Gasteiger partial charge in [-0.3, -0.25) is 14.4 Å². The molecule has 2 aromatic carbocycles. The number of ether oxygens (including phenoxy) is 1. The Morgan fingerprint density at radius 1 is 0.930 bits per heavy atom. The Kier molecular flexibility index (Phi) is 13.7. The Bertz CT molecular complexity index is 1220. The largest absolute Gasteiger partial charge is 0.444 e. The molecule has 0 saturated heterocycles. The molecule has 43 heavy (non-hydrogen) atoms. The van der Waals surface area contributed by atoms with E-state index < -0.39 is 35.6 Å². The molecule has 236 valence electrons. The average Bonchev–Trinajstić information content (AvgIpc) is 2.93. The molecule has 9 nitrogen and oxygen atoms in total. The molecular weight excluding hydrogens is 544 g/mol. The molecule has 0 aliphatic heterocycles. The number of primary amides is 1. The van der Waals surface area contributed by atoms with Crippen molar-refractivity contribution in [3.05, 3.63) is 64.7 Å². The number of nitrogens with zero attached hydrogens (tertiary/aromatic N) is 1. The number of nitrogens with two attached hydrogens (primary N) is 1. The molecule has 0 aliphatic carbocycles. The molecule has 2 rings (SSSR count). The van der Waals surface area contributed by atoms with Gasteiger partial charge in [0.2, 0.25) is 11.8 Å². The monoisotopic (exact) mass is 594 g/mol. The number of rotatable bonds is 15. The van der Waals surface area contributed by atoms with Crippen molar-refractivity contribution >= 4 is 29.5 Å². The first-order valence-corrected chi connectivity index (χ1v) is 15.3. The van der Waals surface area contributed by atoms with E-state index in [1.807, 2.05) is 56.3 Å². The van der Waals surface area contributed by atoms with Crippen molar-refractivity contribution in [1.29, 1.82) is 0 Å². The standard InChI is InChI=1S/C34H50N4O5/c1-8-10-11-12-22-38(32(41)27(20-21-28(35)39)36-33(42)43-34(5,6)7)30(26-18-16-25(9-2)17-19-26)31(40)37-29-23(3)14-13-15-24(29)4/h13-19,27,30H,8-12,20-22H2,1-7H3,(H2,35,39)(H,36,42)(H,37,40). The van der Waals surface area contributed by atoms with E-state index in [1.165, 1.54) is 4.90 Å². The van der Waals surface area contributed by atoms with E-state index in [0.717, 1.165) is 42.4 Å². The molecule has 0 spiro atoms. The van der Waals surface area contributed by atoms with Gasteiger partial charge in [-0.05, 0) is 76.1 Å². The van der Waals surface area contributed by atoms with Crippen molar-refractivity contribution in [3.63, 3.8) is 0 Å². The molecule has 0 fully saturated rings. The second-order valence-electron chi connectivity index (χ2n) is 12.0.